The molecule has 3 amide bonds. The number of nitrogens with zero attached hydrogens (tertiary/aromatic N) is 1. The van der Waals surface area contributed by atoms with Crippen LogP contribution in [0.15, 0.2) is 59.4 Å². The Morgan fingerprint density at radius 2 is 1.69 bits per heavy atom. The molecule has 11 heteroatoms. The van der Waals surface area contributed by atoms with Gasteiger partial charge in [-0.25, -0.2) is 4.98 Å². The minimum absolute atomic E-state index is 0.0158. The Morgan fingerprint density at radius 1 is 0.956 bits per heavy atom. The summed E-state index contributed by atoms with van der Waals surface area (Å²) in [5, 5.41) is 14.6. The monoisotopic (exact) mass is 611 g/mol. The molecule has 11 nitrogen and oxygen atoms in total. The van der Waals surface area contributed by atoms with Crippen LogP contribution >= 0.6 is 0 Å². The van der Waals surface area contributed by atoms with Gasteiger partial charge in [-0.05, 0) is 94.3 Å². The second kappa shape index (κ2) is 13.9. The van der Waals surface area contributed by atoms with Gasteiger partial charge in [0, 0.05) is 35.3 Å². The van der Waals surface area contributed by atoms with Gasteiger partial charge in [0.1, 0.15) is 11.7 Å². The number of fused-ring (bicyclic) bond motifs is 1. The van der Waals surface area contributed by atoms with Gasteiger partial charge in [-0.2, -0.15) is 0 Å². The molecule has 5 rings (SSSR count). The van der Waals surface area contributed by atoms with E-state index in [9.17, 15) is 19.2 Å². The summed E-state index contributed by atoms with van der Waals surface area (Å²) in [6, 6.07) is 15.6. The second-order valence-electron chi connectivity index (χ2n) is 12.2. The van der Waals surface area contributed by atoms with Crippen LogP contribution in [0.1, 0.15) is 61.3 Å². The van der Waals surface area contributed by atoms with Gasteiger partial charge in [-0.15, -0.1) is 0 Å². The lowest BCUT2D eigenvalue weighted by Gasteiger charge is -2.28. The van der Waals surface area contributed by atoms with Crippen molar-refractivity contribution in [3.05, 3.63) is 81.9 Å². The van der Waals surface area contributed by atoms with E-state index in [0.29, 0.717) is 34.7 Å². The molecule has 0 unspecified atom stereocenters. The molecular formula is C34H41N7O4. The number of aryl methyl sites for hydroxylation is 1. The number of hydrogen-bond donors (Lipinski definition) is 6. The zero-order valence-electron chi connectivity index (χ0n) is 25.9. The minimum Gasteiger partial charge on any atom is -0.349 e. The molecule has 45 heavy (non-hydrogen) atoms. The van der Waals surface area contributed by atoms with E-state index in [1.165, 1.54) is 0 Å². The van der Waals surface area contributed by atoms with Crippen LogP contribution in [0.25, 0.3) is 22.0 Å². The van der Waals surface area contributed by atoms with E-state index in [0.717, 1.165) is 48.1 Å². The molecule has 0 saturated heterocycles. The number of benzene rings is 2. The summed E-state index contributed by atoms with van der Waals surface area (Å²) >= 11 is 0. The van der Waals surface area contributed by atoms with E-state index in [1.807, 2.05) is 51.1 Å². The van der Waals surface area contributed by atoms with Crippen LogP contribution in [0.5, 0.6) is 0 Å². The first-order chi connectivity index (χ1) is 21.6. The summed E-state index contributed by atoms with van der Waals surface area (Å²) < 4.78 is 0. The predicted molar refractivity (Wildman–Crippen MR) is 175 cm³/mol. The van der Waals surface area contributed by atoms with Gasteiger partial charge in [0.15, 0.2) is 0 Å². The van der Waals surface area contributed by atoms with Crippen LogP contribution < -0.4 is 27.2 Å². The van der Waals surface area contributed by atoms with Crippen molar-refractivity contribution < 1.29 is 14.4 Å². The van der Waals surface area contributed by atoms with Crippen LogP contribution in [0.3, 0.4) is 0 Å². The zero-order valence-corrected chi connectivity index (χ0v) is 25.9. The average Bonchev–Trinajstić information content (AvgIpc) is 3.40. The van der Waals surface area contributed by atoms with Crippen LogP contribution in [-0.2, 0) is 16.0 Å². The fraction of sp³-hybridized carbons (Fsp3) is 0.382. The van der Waals surface area contributed by atoms with Crippen LogP contribution in [0, 0.1) is 18.8 Å². The number of rotatable bonds is 10. The number of carbonyl (C=O) groups excluding carboxylic acids is 3. The highest BCUT2D eigenvalue weighted by atomic mass is 16.2. The van der Waals surface area contributed by atoms with Crippen molar-refractivity contribution >= 4 is 34.3 Å². The van der Waals surface area contributed by atoms with Crippen LogP contribution in [0.4, 0.5) is 5.69 Å². The Kier molecular flexibility index (Phi) is 9.77. The minimum atomic E-state index is -0.821. The van der Waals surface area contributed by atoms with Crippen molar-refractivity contribution in [2.75, 3.05) is 11.9 Å². The maximum Gasteiger partial charge on any atom is 0.271 e. The van der Waals surface area contributed by atoms with Crippen molar-refractivity contribution in [3.63, 3.8) is 0 Å². The van der Waals surface area contributed by atoms with Gasteiger partial charge in [-0.3, -0.25) is 29.4 Å². The Labute approximate surface area is 261 Å². The van der Waals surface area contributed by atoms with E-state index in [1.54, 1.807) is 24.3 Å². The van der Waals surface area contributed by atoms with Crippen molar-refractivity contribution in [3.8, 4) is 11.1 Å². The Morgan fingerprint density at radius 3 is 2.36 bits per heavy atom. The highest BCUT2D eigenvalue weighted by molar-refractivity contribution is 5.99. The molecule has 1 aliphatic rings. The van der Waals surface area contributed by atoms with Crippen molar-refractivity contribution in [2.45, 2.75) is 65.0 Å². The summed E-state index contributed by atoms with van der Waals surface area (Å²) in [5.74, 6) is -0.414. The van der Waals surface area contributed by atoms with E-state index < -0.39 is 6.04 Å². The number of pyridine rings is 1. The first-order valence-electron chi connectivity index (χ1n) is 15.5. The molecule has 236 valence electrons. The third kappa shape index (κ3) is 7.66. The number of aromatic nitrogens is 3. The third-order valence-corrected chi connectivity index (χ3v) is 8.47. The summed E-state index contributed by atoms with van der Waals surface area (Å²) in [4.78, 5) is 55.7. The number of nitrogens with one attached hydrogen (secondary N) is 5. The molecule has 1 atom stereocenters. The van der Waals surface area contributed by atoms with Crippen molar-refractivity contribution in [1.82, 2.24) is 25.8 Å². The molecule has 0 bridgehead atoms. The lowest BCUT2D eigenvalue weighted by molar-refractivity contribution is -0.130. The summed E-state index contributed by atoms with van der Waals surface area (Å²) in [5.41, 5.74) is 10.5. The quantitative estimate of drug-likeness (QED) is 0.159. The second-order valence-corrected chi connectivity index (χ2v) is 12.2. The molecular weight excluding hydrogens is 570 g/mol. The van der Waals surface area contributed by atoms with Crippen LogP contribution in [-0.4, -0.2) is 51.5 Å². The number of anilines is 1. The van der Waals surface area contributed by atoms with E-state index in [4.69, 9.17) is 5.73 Å². The van der Waals surface area contributed by atoms with E-state index in [-0.39, 0.29) is 41.7 Å². The standard InChI is InChI=1S/C34H41N7O4/c1-19(2)36-33(44)28-15-14-26(20(3)37-28)23-8-4-21(5-9-23)16-30(39-31(42)24-10-6-22(18-35)7-11-24)34(45)38-25-12-13-27-29(17-25)40-41-32(27)43/h4-5,8-9,12-15,17,19,22,24,30H,6-7,10-11,16,18,35H2,1-3H3,(H,36,44)(H,38,45)(H,39,42)(H2,40,41,43)/t22-,24-,30-/m0/s1. The zero-order chi connectivity index (χ0) is 32.1. The Balaban J connectivity index is 1.32. The maximum absolute atomic E-state index is 13.6. The molecule has 2 heterocycles. The average molecular weight is 612 g/mol. The molecule has 7 N–H and O–H groups in total. The molecule has 4 aromatic rings. The SMILES string of the molecule is Cc1nc(C(=O)NC(C)C)ccc1-c1ccc(C[C@H](NC(=O)[C@H]2CC[C@H](CN)CC2)C(=O)Nc2ccc3c(=O)[nH][nH]c3c2)cc1. The predicted octanol–water partition coefficient (Wildman–Crippen LogP) is 3.80. The Bertz CT molecular complexity index is 1730. The molecule has 2 aromatic carbocycles. The molecule has 0 aliphatic heterocycles. The molecule has 1 aliphatic carbocycles. The number of carbonyl (C=O) groups is 3. The number of nitrogens with two attached hydrogens (primary N) is 1. The normalized spacial score (nSPS) is 17.2. The van der Waals surface area contributed by atoms with Gasteiger partial charge in [-0.1, -0.05) is 30.3 Å². The topological polar surface area (TPSA) is 175 Å². The first-order valence-corrected chi connectivity index (χ1v) is 15.5. The Hall–Kier alpha value is -4.77. The molecule has 0 spiro atoms. The molecule has 0 radical (unpaired) electrons. The lowest BCUT2D eigenvalue weighted by Crippen LogP contribution is -2.48. The largest absolute Gasteiger partial charge is 0.349 e. The third-order valence-electron chi connectivity index (χ3n) is 8.47. The van der Waals surface area contributed by atoms with Crippen molar-refractivity contribution in [2.24, 2.45) is 17.6 Å². The number of hydrogen-bond acceptors (Lipinski definition) is 6. The summed E-state index contributed by atoms with van der Waals surface area (Å²) in [6.07, 6.45) is 3.59. The van der Waals surface area contributed by atoms with Gasteiger partial charge < -0.3 is 21.7 Å². The highest BCUT2D eigenvalue weighted by Crippen LogP contribution is 2.29. The summed E-state index contributed by atoms with van der Waals surface area (Å²) in [7, 11) is 0. The fourth-order valence-electron chi connectivity index (χ4n) is 5.89. The smallest absolute Gasteiger partial charge is 0.271 e. The van der Waals surface area contributed by atoms with Crippen molar-refractivity contribution in [1.29, 1.82) is 0 Å². The van der Waals surface area contributed by atoms with Crippen LogP contribution in [0.2, 0.25) is 0 Å². The van der Waals surface area contributed by atoms with E-state index in [2.05, 4.69) is 31.1 Å². The molecule has 2 aromatic heterocycles. The lowest BCUT2D eigenvalue weighted by atomic mass is 9.81. The van der Waals surface area contributed by atoms with Gasteiger partial charge >= 0.3 is 0 Å². The molecule has 1 saturated carbocycles. The van der Waals surface area contributed by atoms with Gasteiger partial charge in [0.25, 0.3) is 11.5 Å². The van der Waals surface area contributed by atoms with Gasteiger partial charge in [0.2, 0.25) is 11.8 Å². The number of aromatic amines is 2. The summed E-state index contributed by atoms with van der Waals surface area (Å²) in [6.45, 7) is 6.30. The number of amides is 3. The molecule has 1 fully saturated rings. The first kappa shape index (κ1) is 31.6. The highest BCUT2D eigenvalue weighted by Gasteiger charge is 2.29. The maximum atomic E-state index is 13.6. The number of H-pyrrole nitrogens is 2. The van der Waals surface area contributed by atoms with Gasteiger partial charge in [0.05, 0.1) is 10.9 Å². The van der Waals surface area contributed by atoms with E-state index >= 15 is 0 Å². The fourth-order valence-corrected chi connectivity index (χ4v) is 5.89.